The molecular formula is C17H24FN5. The van der Waals surface area contributed by atoms with Crippen LogP contribution in [0.2, 0.25) is 0 Å². The predicted molar refractivity (Wildman–Crippen MR) is 90.9 cm³/mol. The van der Waals surface area contributed by atoms with Gasteiger partial charge in [0.1, 0.15) is 5.82 Å². The highest BCUT2D eigenvalue weighted by atomic mass is 19.1. The van der Waals surface area contributed by atoms with E-state index in [-0.39, 0.29) is 5.82 Å². The number of anilines is 2. The van der Waals surface area contributed by atoms with E-state index in [1.54, 1.807) is 6.07 Å². The number of aryl methyl sites for hydroxylation is 1. The van der Waals surface area contributed by atoms with Gasteiger partial charge in [0.05, 0.1) is 17.6 Å². The maximum atomic E-state index is 13.2. The smallest absolute Gasteiger partial charge is 0.125 e. The fourth-order valence-corrected chi connectivity index (χ4v) is 3.16. The van der Waals surface area contributed by atoms with Gasteiger partial charge in [0, 0.05) is 50.5 Å². The Balaban J connectivity index is 1.61. The molecule has 0 aliphatic carbocycles. The monoisotopic (exact) mass is 317 g/mol. The van der Waals surface area contributed by atoms with Crippen LogP contribution in [0.25, 0.3) is 0 Å². The molecule has 6 heteroatoms. The molecule has 3 rings (SSSR count). The zero-order valence-electron chi connectivity index (χ0n) is 13.8. The zero-order valence-corrected chi connectivity index (χ0v) is 13.8. The number of hydrogen-bond acceptors (Lipinski definition) is 4. The lowest BCUT2D eigenvalue weighted by molar-refractivity contribution is 0.249. The minimum atomic E-state index is -0.284. The van der Waals surface area contributed by atoms with Crippen molar-refractivity contribution in [1.29, 1.82) is 0 Å². The van der Waals surface area contributed by atoms with E-state index >= 15 is 0 Å². The minimum absolute atomic E-state index is 0.284. The summed E-state index contributed by atoms with van der Waals surface area (Å²) in [5, 5.41) is 4.41. The summed E-state index contributed by atoms with van der Waals surface area (Å²) in [5.41, 5.74) is 9.93. The van der Waals surface area contributed by atoms with Gasteiger partial charge < -0.3 is 10.6 Å². The van der Waals surface area contributed by atoms with Gasteiger partial charge >= 0.3 is 0 Å². The van der Waals surface area contributed by atoms with Crippen LogP contribution < -0.4 is 10.6 Å². The van der Waals surface area contributed by atoms with Crippen LogP contribution in [0.15, 0.2) is 24.4 Å². The second kappa shape index (κ2) is 6.58. The Morgan fingerprint density at radius 3 is 2.57 bits per heavy atom. The molecule has 23 heavy (non-hydrogen) atoms. The SMILES string of the molecule is CCn1ncc(CN2CCN(c3ccc(F)cc3N)CC2)c1C. The predicted octanol–water partition coefficient (Wildman–Crippen LogP) is 2.25. The van der Waals surface area contributed by atoms with E-state index in [4.69, 9.17) is 5.73 Å². The second-order valence-electron chi connectivity index (χ2n) is 6.04. The van der Waals surface area contributed by atoms with Crippen molar-refractivity contribution in [3.8, 4) is 0 Å². The standard InChI is InChI=1S/C17H24FN5/c1-3-23-13(2)14(11-20-23)12-21-6-8-22(9-7-21)17-5-4-15(18)10-16(17)19/h4-5,10-11H,3,6-9,12,19H2,1-2H3. The molecule has 1 aliphatic rings. The number of halogens is 1. The number of nitrogen functional groups attached to an aromatic ring is 1. The Hall–Kier alpha value is -2.08. The molecule has 0 amide bonds. The fourth-order valence-electron chi connectivity index (χ4n) is 3.16. The van der Waals surface area contributed by atoms with E-state index < -0.39 is 0 Å². The van der Waals surface area contributed by atoms with E-state index in [1.807, 2.05) is 10.9 Å². The summed E-state index contributed by atoms with van der Waals surface area (Å²) in [4.78, 5) is 4.66. The van der Waals surface area contributed by atoms with Crippen LogP contribution in [-0.4, -0.2) is 40.9 Å². The molecule has 1 aromatic carbocycles. The number of nitrogens with two attached hydrogens (primary N) is 1. The van der Waals surface area contributed by atoms with Crippen LogP contribution in [0.3, 0.4) is 0 Å². The Morgan fingerprint density at radius 2 is 1.96 bits per heavy atom. The molecule has 1 fully saturated rings. The van der Waals surface area contributed by atoms with Gasteiger partial charge in [-0.1, -0.05) is 0 Å². The first kappa shape index (κ1) is 15.8. The topological polar surface area (TPSA) is 50.3 Å². The van der Waals surface area contributed by atoms with Crippen molar-refractivity contribution in [3.05, 3.63) is 41.5 Å². The van der Waals surface area contributed by atoms with Crippen LogP contribution in [0, 0.1) is 12.7 Å². The van der Waals surface area contributed by atoms with Crippen molar-refractivity contribution in [2.45, 2.75) is 26.9 Å². The van der Waals surface area contributed by atoms with Gasteiger partial charge in [-0.15, -0.1) is 0 Å². The van der Waals surface area contributed by atoms with Crippen LogP contribution in [-0.2, 0) is 13.1 Å². The maximum Gasteiger partial charge on any atom is 0.125 e. The first-order valence-electron chi connectivity index (χ1n) is 8.12. The van der Waals surface area contributed by atoms with E-state index in [2.05, 4.69) is 28.7 Å². The number of aromatic nitrogens is 2. The van der Waals surface area contributed by atoms with Crippen LogP contribution in [0.5, 0.6) is 0 Å². The van der Waals surface area contributed by atoms with Crippen molar-refractivity contribution in [2.75, 3.05) is 36.8 Å². The van der Waals surface area contributed by atoms with E-state index in [0.29, 0.717) is 5.69 Å². The first-order chi connectivity index (χ1) is 11.1. The highest BCUT2D eigenvalue weighted by molar-refractivity contribution is 5.67. The Kier molecular flexibility index (Phi) is 4.52. The van der Waals surface area contributed by atoms with Crippen LogP contribution in [0.4, 0.5) is 15.8 Å². The quantitative estimate of drug-likeness (QED) is 0.879. The summed E-state index contributed by atoms with van der Waals surface area (Å²) < 4.78 is 15.2. The van der Waals surface area contributed by atoms with Gasteiger partial charge in [-0.25, -0.2) is 4.39 Å². The van der Waals surface area contributed by atoms with Gasteiger partial charge in [-0.2, -0.15) is 5.10 Å². The zero-order chi connectivity index (χ0) is 16.4. The fraction of sp³-hybridized carbons (Fsp3) is 0.471. The first-order valence-corrected chi connectivity index (χ1v) is 8.12. The molecule has 0 saturated carbocycles. The minimum Gasteiger partial charge on any atom is -0.397 e. The van der Waals surface area contributed by atoms with Gasteiger partial charge in [-0.05, 0) is 32.0 Å². The highest BCUT2D eigenvalue weighted by Gasteiger charge is 2.20. The molecule has 2 N–H and O–H groups in total. The van der Waals surface area contributed by atoms with Crippen molar-refractivity contribution in [1.82, 2.24) is 14.7 Å². The van der Waals surface area contributed by atoms with Gasteiger partial charge in [0.15, 0.2) is 0 Å². The summed E-state index contributed by atoms with van der Waals surface area (Å²) >= 11 is 0. The summed E-state index contributed by atoms with van der Waals surface area (Å²) in [7, 11) is 0. The molecule has 2 aromatic rings. The third-order valence-electron chi connectivity index (χ3n) is 4.60. The largest absolute Gasteiger partial charge is 0.397 e. The summed E-state index contributed by atoms with van der Waals surface area (Å²) in [5.74, 6) is -0.284. The molecule has 0 unspecified atom stereocenters. The Labute approximate surface area is 136 Å². The number of benzene rings is 1. The number of hydrogen-bond donors (Lipinski definition) is 1. The molecular weight excluding hydrogens is 293 g/mol. The van der Waals surface area contributed by atoms with Gasteiger partial charge in [0.2, 0.25) is 0 Å². The summed E-state index contributed by atoms with van der Waals surface area (Å²) in [6.07, 6.45) is 1.98. The van der Waals surface area contributed by atoms with Gasteiger partial charge in [0.25, 0.3) is 0 Å². The van der Waals surface area contributed by atoms with Crippen LogP contribution >= 0.6 is 0 Å². The Bertz CT molecular complexity index is 674. The molecule has 0 atom stereocenters. The number of rotatable bonds is 4. The number of piperazine rings is 1. The van der Waals surface area contributed by atoms with Crippen molar-refractivity contribution < 1.29 is 4.39 Å². The van der Waals surface area contributed by atoms with E-state index in [9.17, 15) is 4.39 Å². The second-order valence-corrected chi connectivity index (χ2v) is 6.04. The average Bonchev–Trinajstić information content (AvgIpc) is 2.89. The van der Waals surface area contributed by atoms with Crippen molar-refractivity contribution >= 4 is 11.4 Å². The average molecular weight is 317 g/mol. The summed E-state index contributed by atoms with van der Waals surface area (Å²) in [6.45, 7) is 9.80. The Morgan fingerprint density at radius 1 is 1.22 bits per heavy atom. The molecule has 2 heterocycles. The maximum absolute atomic E-state index is 13.2. The molecule has 0 spiro atoms. The van der Waals surface area contributed by atoms with Gasteiger partial charge in [-0.3, -0.25) is 9.58 Å². The molecule has 124 valence electrons. The molecule has 1 aliphatic heterocycles. The molecule has 1 aromatic heterocycles. The lowest BCUT2D eigenvalue weighted by Gasteiger charge is -2.36. The van der Waals surface area contributed by atoms with E-state index in [0.717, 1.165) is 45.0 Å². The summed E-state index contributed by atoms with van der Waals surface area (Å²) in [6, 6.07) is 4.64. The molecule has 1 saturated heterocycles. The molecule has 0 bridgehead atoms. The van der Waals surface area contributed by atoms with Crippen molar-refractivity contribution in [3.63, 3.8) is 0 Å². The van der Waals surface area contributed by atoms with E-state index in [1.165, 1.54) is 23.4 Å². The molecule has 0 radical (unpaired) electrons. The lowest BCUT2D eigenvalue weighted by Crippen LogP contribution is -2.46. The van der Waals surface area contributed by atoms with Crippen LogP contribution in [0.1, 0.15) is 18.2 Å². The highest BCUT2D eigenvalue weighted by Crippen LogP contribution is 2.25. The third kappa shape index (κ3) is 3.32. The third-order valence-corrected chi connectivity index (χ3v) is 4.60. The van der Waals surface area contributed by atoms with Crippen molar-refractivity contribution in [2.24, 2.45) is 0 Å². The lowest BCUT2D eigenvalue weighted by atomic mass is 10.2. The number of nitrogens with zero attached hydrogens (tertiary/aromatic N) is 4. The molecule has 5 nitrogen and oxygen atoms in total. The normalized spacial score (nSPS) is 16.0.